The van der Waals surface area contributed by atoms with Crippen molar-refractivity contribution < 1.29 is 21.6 Å². The molecule has 22 heavy (non-hydrogen) atoms. The summed E-state index contributed by atoms with van der Waals surface area (Å²) in [5.74, 6) is -2.98. The van der Waals surface area contributed by atoms with E-state index >= 15 is 0 Å². The van der Waals surface area contributed by atoms with E-state index in [2.05, 4.69) is 0 Å². The van der Waals surface area contributed by atoms with E-state index in [1.165, 1.54) is 6.07 Å². The van der Waals surface area contributed by atoms with Crippen molar-refractivity contribution in [3.8, 4) is 0 Å². The molecule has 1 N–H and O–H groups in total. The zero-order valence-corrected chi connectivity index (χ0v) is 12.9. The molecule has 3 nitrogen and oxygen atoms in total. The van der Waals surface area contributed by atoms with Crippen LogP contribution < -0.4 is 4.72 Å². The van der Waals surface area contributed by atoms with E-state index in [0.29, 0.717) is 12.5 Å². The maximum Gasteiger partial charge on any atom is 0.264 e. The molecular formula is C14H11ClF3NO2S. The van der Waals surface area contributed by atoms with Crippen molar-refractivity contribution in [2.45, 2.75) is 18.2 Å². The molecule has 0 atom stereocenters. The summed E-state index contributed by atoms with van der Waals surface area (Å²) in [6.45, 7) is 1.67. The van der Waals surface area contributed by atoms with Gasteiger partial charge in [0.15, 0.2) is 5.82 Å². The molecule has 0 aliphatic heterocycles. The average molecular weight is 350 g/mol. The normalized spacial score (nSPS) is 11.5. The van der Waals surface area contributed by atoms with Crippen LogP contribution in [0.4, 0.5) is 18.9 Å². The van der Waals surface area contributed by atoms with Gasteiger partial charge in [-0.1, -0.05) is 18.5 Å². The molecule has 0 spiro atoms. The lowest BCUT2D eigenvalue weighted by atomic mass is 10.1. The summed E-state index contributed by atoms with van der Waals surface area (Å²) in [4.78, 5) is -0.786. The van der Waals surface area contributed by atoms with Crippen LogP contribution in [0.3, 0.4) is 0 Å². The third-order valence-corrected chi connectivity index (χ3v) is 4.54. The molecule has 8 heteroatoms. The second-order valence-electron chi connectivity index (χ2n) is 4.46. The predicted molar refractivity (Wildman–Crippen MR) is 78.0 cm³/mol. The van der Waals surface area contributed by atoms with Gasteiger partial charge in [-0.05, 0) is 36.2 Å². The number of aryl methyl sites for hydroxylation is 1. The SMILES string of the molecule is CCc1cc(Cl)cc(NS(=O)(=O)c2ccc(F)cc2F)c1F. The maximum absolute atomic E-state index is 14.1. The molecule has 118 valence electrons. The van der Waals surface area contributed by atoms with Gasteiger partial charge in [0.1, 0.15) is 16.5 Å². The Bertz CT molecular complexity index is 825. The molecule has 0 bridgehead atoms. The molecule has 2 rings (SSSR count). The first-order chi connectivity index (χ1) is 10.2. The first-order valence-corrected chi connectivity index (χ1v) is 8.06. The third kappa shape index (κ3) is 3.36. The fraction of sp³-hybridized carbons (Fsp3) is 0.143. The first-order valence-electron chi connectivity index (χ1n) is 6.20. The Labute approximate surface area is 130 Å². The molecule has 2 aromatic rings. The highest BCUT2D eigenvalue weighted by Gasteiger charge is 2.22. The summed E-state index contributed by atoms with van der Waals surface area (Å²) >= 11 is 5.80. The van der Waals surface area contributed by atoms with Crippen LogP contribution in [0.1, 0.15) is 12.5 Å². The summed E-state index contributed by atoms with van der Waals surface area (Å²) in [6, 6.07) is 4.43. The van der Waals surface area contributed by atoms with E-state index in [-0.39, 0.29) is 10.6 Å². The lowest BCUT2D eigenvalue weighted by molar-refractivity contribution is 0.550. The van der Waals surface area contributed by atoms with E-state index in [9.17, 15) is 21.6 Å². The molecule has 2 aromatic carbocycles. The van der Waals surface area contributed by atoms with Gasteiger partial charge in [0.25, 0.3) is 10.0 Å². The van der Waals surface area contributed by atoms with Crippen LogP contribution >= 0.6 is 11.6 Å². The molecule has 0 saturated heterocycles. The van der Waals surface area contributed by atoms with Crippen LogP contribution in [-0.4, -0.2) is 8.42 Å². The van der Waals surface area contributed by atoms with Gasteiger partial charge >= 0.3 is 0 Å². The van der Waals surface area contributed by atoms with E-state index in [0.717, 1.165) is 18.2 Å². The Hall–Kier alpha value is -1.73. The summed E-state index contributed by atoms with van der Waals surface area (Å²) in [5, 5.41) is 0.135. The monoisotopic (exact) mass is 349 g/mol. The number of halogens is 4. The highest BCUT2D eigenvalue weighted by Crippen LogP contribution is 2.27. The van der Waals surface area contributed by atoms with Gasteiger partial charge < -0.3 is 0 Å². The lowest BCUT2D eigenvalue weighted by Crippen LogP contribution is -2.16. The predicted octanol–water partition coefficient (Wildman–Crippen LogP) is 4.12. The van der Waals surface area contributed by atoms with E-state index < -0.39 is 38.1 Å². The van der Waals surface area contributed by atoms with Gasteiger partial charge in [0.05, 0.1) is 5.69 Å². The van der Waals surface area contributed by atoms with Crippen molar-refractivity contribution in [3.05, 3.63) is 58.4 Å². The number of nitrogens with one attached hydrogen (secondary N) is 1. The molecule has 0 aliphatic rings. The van der Waals surface area contributed by atoms with Crippen molar-refractivity contribution in [3.63, 3.8) is 0 Å². The van der Waals surface area contributed by atoms with Crippen LogP contribution in [0.25, 0.3) is 0 Å². The minimum Gasteiger partial charge on any atom is -0.276 e. The third-order valence-electron chi connectivity index (χ3n) is 2.92. The fourth-order valence-corrected chi connectivity index (χ4v) is 3.22. The van der Waals surface area contributed by atoms with Gasteiger partial charge in [0, 0.05) is 11.1 Å². The first kappa shape index (κ1) is 16.6. The zero-order chi connectivity index (χ0) is 16.5. The fourth-order valence-electron chi connectivity index (χ4n) is 1.87. The van der Waals surface area contributed by atoms with Gasteiger partial charge in [-0.25, -0.2) is 21.6 Å². The van der Waals surface area contributed by atoms with Gasteiger partial charge in [-0.15, -0.1) is 0 Å². The maximum atomic E-state index is 14.1. The van der Waals surface area contributed by atoms with Crippen molar-refractivity contribution >= 4 is 27.3 Å². The Balaban J connectivity index is 2.47. The van der Waals surface area contributed by atoms with Crippen LogP contribution in [0.5, 0.6) is 0 Å². The standard InChI is InChI=1S/C14H11ClF3NO2S/c1-2-8-5-9(15)6-12(14(8)18)19-22(20,21)13-4-3-10(16)7-11(13)17/h3-7,19H,2H2,1H3. The van der Waals surface area contributed by atoms with Crippen LogP contribution in [0, 0.1) is 17.5 Å². The van der Waals surface area contributed by atoms with Crippen LogP contribution in [0.15, 0.2) is 35.2 Å². The Kier molecular flexibility index (Phi) is 4.67. The van der Waals surface area contributed by atoms with Crippen molar-refractivity contribution in [1.29, 1.82) is 0 Å². The van der Waals surface area contributed by atoms with Crippen LogP contribution in [0.2, 0.25) is 5.02 Å². The largest absolute Gasteiger partial charge is 0.276 e. The summed E-state index contributed by atoms with van der Waals surface area (Å²) in [7, 11) is -4.42. The van der Waals surface area contributed by atoms with E-state index in [1.807, 2.05) is 4.72 Å². The van der Waals surface area contributed by atoms with E-state index in [1.54, 1.807) is 6.92 Å². The second-order valence-corrected chi connectivity index (χ2v) is 6.55. The van der Waals surface area contributed by atoms with Gasteiger partial charge in [0.2, 0.25) is 0 Å². The highest BCUT2D eigenvalue weighted by atomic mass is 35.5. The lowest BCUT2D eigenvalue weighted by Gasteiger charge is -2.12. The molecule has 0 aromatic heterocycles. The van der Waals surface area contributed by atoms with Crippen molar-refractivity contribution in [2.75, 3.05) is 4.72 Å². The van der Waals surface area contributed by atoms with E-state index in [4.69, 9.17) is 11.6 Å². The number of sulfonamides is 1. The zero-order valence-electron chi connectivity index (χ0n) is 11.3. The average Bonchev–Trinajstić information content (AvgIpc) is 2.41. The molecule has 0 unspecified atom stereocenters. The minimum atomic E-state index is -4.42. The molecule has 0 aliphatic carbocycles. The smallest absolute Gasteiger partial charge is 0.264 e. The number of rotatable bonds is 4. The van der Waals surface area contributed by atoms with Crippen LogP contribution in [-0.2, 0) is 16.4 Å². The van der Waals surface area contributed by atoms with Crippen molar-refractivity contribution in [2.24, 2.45) is 0 Å². The molecule has 0 fully saturated rings. The molecule has 0 radical (unpaired) electrons. The number of hydrogen-bond acceptors (Lipinski definition) is 2. The Morgan fingerprint density at radius 2 is 1.82 bits per heavy atom. The molecular weight excluding hydrogens is 339 g/mol. The number of hydrogen-bond donors (Lipinski definition) is 1. The minimum absolute atomic E-state index is 0.135. The number of benzene rings is 2. The summed E-state index contributed by atoms with van der Waals surface area (Å²) in [6.07, 6.45) is 0.298. The second kappa shape index (κ2) is 6.18. The quantitative estimate of drug-likeness (QED) is 0.902. The number of anilines is 1. The Morgan fingerprint density at radius 3 is 2.41 bits per heavy atom. The topological polar surface area (TPSA) is 46.2 Å². The van der Waals surface area contributed by atoms with Gasteiger partial charge in [-0.2, -0.15) is 0 Å². The highest BCUT2D eigenvalue weighted by molar-refractivity contribution is 7.92. The molecule has 0 amide bonds. The molecule has 0 saturated carbocycles. The van der Waals surface area contributed by atoms with Crippen molar-refractivity contribution in [1.82, 2.24) is 0 Å². The molecule has 0 heterocycles. The van der Waals surface area contributed by atoms with Gasteiger partial charge in [-0.3, -0.25) is 4.72 Å². The summed E-state index contributed by atoms with van der Waals surface area (Å²) < 4.78 is 66.7. The Morgan fingerprint density at radius 1 is 1.14 bits per heavy atom. The summed E-state index contributed by atoms with van der Waals surface area (Å²) in [5.41, 5.74) is -0.183.